The van der Waals surface area contributed by atoms with E-state index in [1.165, 1.54) is 7.05 Å². The van der Waals surface area contributed by atoms with Gasteiger partial charge in [-0.15, -0.1) is 0 Å². The Labute approximate surface area is 127 Å². The molecular weight excluding hydrogens is 294 g/mol. The van der Waals surface area contributed by atoms with Crippen LogP contribution in [0.5, 0.6) is 0 Å². The van der Waals surface area contributed by atoms with Gasteiger partial charge >= 0.3 is 6.03 Å². The Balaban J connectivity index is 2.37. The summed E-state index contributed by atoms with van der Waals surface area (Å²) in [5.74, 6) is -0.831. The van der Waals surface area contributed by atoms with E-state index in [-0.39, 0.29) is 6.54 Å². The minimum Gasteiger partial charge on any atom is -0.358 e. The number of hydrogen-bond acceptors (Lipinski definition) is 3. The van der Waals surface area contributed by atoms with E-state index in [0.29, 0.717) is 17.0 Å². The van der Waals surface area contributed by atoms with E-state index in [2.05, 4.69) is 10.6 Å². The lowest BCUT2D eigenvalue weighted by atomic mass is 9.87. The van der Waals surface area contributed by atoms with E-state index in [9.17, 15) is 14.4 Å². The van der Waals surface area contributed by atoms with Crippen LogP contribution in [0.1, 0.15) is 18.9 Å². The normalized spacial score (nSPS) is 21.4. The summed E-state index contributed by atoms with van der Waals surface area (Å²) in [6.07, 6.45) is 0.378. The fourth-order valence-electron chi connectivity index (χ4n) is 2.37. The van der Waals surface area contributed by atoms with Gasteiger partial charge in [0.05, 0.1) is 0 Å². The van der Waals surface area contributed by atoms with Gasteiger partial charge in [0.2, 0.25) is 5.91 Å². The third kappa shape index (κ3) is 2.58. The minimum atomic E-state index is -1.14. The first-order valence-electron chi connectivity index (χ1n) is 6.55. The van der Waals surface area contributed by atoms with E-state index in [4.69, 9.17) is 11.6 Å². The first-order chi connectivity index (χ1) is 9.94. The molecule has 0 saturated carbocycles. The van der Waals surface area contributed by atoms with Crippen LogP contribution in [0.4, 0.5) is 4.79 Å². The molecule has 2 N–H and O–H groups in total. The van der Waals surface area contributed by atoms with Gasteiger partial charge in [0, 0.05) is 12.1 Å². The van der Waals surface area contributed by atoms with Crippen molar-refractivity contribution >= 4 is 29.4 Å². The molecule has 0 radical (unpaired) electrons. The van der Waals surface area contributed by atoms with Gasteiger partial charge in [0.1, 0.15) is 12.1 Å². The number of nitrogens with zero attached hydrogens (tertiary/aromatic N) is 1. The second kappa shape index (κ2) is 5.73. The van der Waals surface area contributed by atoms with Gasteiger partial charge in [-0.1, -0.05) is 30.7 Å². The van der Waals surface area contributed by atoms with Crippen LogP contribution in [-0.2, 0) is 15.1 Å². The van der Waals surface area contributed by atoms with Crippen LogP contribution in [0.25, 0.3) is 0 Å². The zero-order valence-corrected chi connectivity index (χ0v) is 12.5. The summed E-state index contributed by atoms with van der Waals surface area (Å²) in [6, 6.07) is 6.16. The number of urea groups is 1. The van der Waals surface area contributed by atoms with Crippen LogP contribution < -0.4 is 10.6 Å². The number of benzene rings is 1. The topological polar surface area (TPSA) is 78.5 Å². The Morgan fingerprint density at radius 2 is 1.95 bits per heavy atom. The van der Waals surface area contributed by atoms with Crippen molar-refractivity contribution in [1.29, 1.82) is 0 Å². The highest BCUT2D eigenvalue weighted by atomic mass is 35.5. The maximum Gasteiger partial charge on any atom is 0.325 e. The first-order valence-corrected chi connectivity index (χ1v) is 6.93. The molecule has 1 aliphatic rings. The molecule has 2 rings (SSSR count). The number of nitrogens with one attached hydrogen (secondary N) is 2. The number of amides is 4. The van der Waals surface area contributed by atoms with Gasteiger partial charge < -0.3 is 10.6 Å². The van der Waals surface area contributed by atoms with E-state index in [1.54, 1.807) is 31.2 Å². The van der Waals surface area contributed by atoms with Gasteiger partial charge in [0.15, 0.2) is 0 Å². The number of rotatable bonds is 4. The zero-order chi connectivity index (χ0) is 15.6. The van der Waals surface area contributed by atoms with Gasteiger partial charge in [-0.3, -0.25) is 14.5 Å². The van der Waals surface area contributed by atoms with Crippen LogP contribution in [-0.4, -0.2) is 36.3 Å². The highest BCUT2D eigenvalue weighted by molar-refractivity contribution is 6.30. The molecule has 6 nitrogen and oxygen atoms in total. The third-order valence-corrected chi connectivity index (χ3v) is 3.88. The van der Waals surface area contributed by atoms with Crippen LogP contribution in [0.2, 0.25) is 5.02 Å². The summed E-state index contributed by atoms with van der Waals surface area (Å²) in [6.45, 7) is 1.51. The van der Waals surface area contributed by atoms with E-state index >= 15 is 0 Å². The van der Waals surface area contributed by atoms with Crippen LogP contribution in [0, 0.1) is 0 Å². The number of halogens is 1. The van der Waals surface area contributed by atoms with Crippen molar-refractivity contribution < 1.29 is 14.4 Å². The average Bonchev–Trinajstić information content (AvgIpc) is 2.73. The van der Waals surface area contributed by atoms with Crippen molar-refractivity contribution in [3.05, 3.63) is 34.9 Å². The highest BCUT2D eigenvalue weighted by Gasteiger charge is 2.51. The lowest BCUT2D eigenvalue weighted by Crippen LogP contribution is -2.44. The summed E-state index contributed by atoms with van der Waals surface area (Å²) in [4.78, 5) is 37.0. The molecule has 1 atom stereocenters. The maximum atomic E-state index is 12.6. The Kier molecular flexibility index (Phi) is 4.18. The molecule has 0 spiro atoms. The van der Waals surface area contributed by atoms with Crippen molar-refractivity contribution in [2.45, 2.75) is 18.9 Å². The average molecular weight is 310 g/mol. The minimum absolute atomic E-state index is 0.295. The Morgan fingerprint density at radius 1 is 1.33 bits per heavy atom. The summed E-state index contributed by atoms with van der Waals surface area (Å²) < 4.78 is 0. The zero-order valence-electron chi connectivity index (χ0n) is 11.8. The number of likely N-dealkylation sites (N-methyl/N-ethyl adjacent to an activating group) is 1. The quantitative estimate of drug-likeness (QED) is 0.821. The smallest absolute Gasteiger partial charge is 0.325 e. The van der Waals surface area contributed by atoms with E-state index in [1.807, 2.05) is 0 Å². The molecule has 0 bridgehead atoms. The summed E-state index contributed by atoms with van der Waals surface area (Å²) >= 11 is 5.85. The van der Waals surface area contributed by atoms with Crippen molar-refractivity contribution in [2.75, 3.05) is 13.6 Å². The second-order valence-corrected chi connectivity index (χ2v) is 5.20. The SMILES string of the molecule is CC[C@]1(c2ccc(Cl)cc2)NC(=O)N(CC(=O)NC)C1=O. The Bertz CT molecular complexity index is 588. The van der Waals surface area contributed by atoms with Crippen LogP contribution >= 0.6 is 11.6 Å². The lowest BCUT2D eigenvalue weighted by Gasteiger charge is -2.25. The van der Waals surface area contributed by atoms with Crippen molar-refractivity contribution in [3.8, 4) is 0 Å². The first kappa shape index (κ1) is 15.3. The predicted octanol–water partition coefficient (Wildman–Crippen LogP) is 1.24. The number of imide groups is 1. The van der Waals surface area contributed by atoms with Gasteiger partial charge in [0.25, 0.3) is 5.91 Å². The van der Waals surface area contributed by atoms with Crippen molar-refractivity contribution in [2.24, 2.45) is 0 Å². The third-order valence-electron chi connectivity index (χ3n) is 3.62. The van der Waals surface area contributed by atoms with Gasteiger partial charge in [-0.25, -0.2) is 4.79 Å². The molecular formula is C14H16ClN3O3. The molecule has 1 aromatic carbocycles. The molecule has 0 aliphatic carbocycles. The van der Waals surface area contributed by atoms with Crippen molar-refractivity contribution in [3.63, 3.8) is 0 Å². The molecule has 21 heavy (non-hydrogen) atoms. The number of hydrogen-bond donors (Lipinski definition) is 2. The molecule has 7 heteroatoms. The summed E-state index contributed by atoms with van der Waals surface area (Å²) in [5.41, 5.74) is -0.498. The fraction of sp³-hybridized carbons (Fsp3) is 0.357. The van der Waals surface area contributed by atoms with Gasteiger partial charge in [-0.05, 0) is 24.1 Å². The molecule has 0 unspecified atom stereocenters. The molecule has 1 saturated heterocycles. The molecule has 112 valence electrons. The maximum absolute atomic E-state index is 12.6. The summed E-state index contributed by atoms with van der Waals surface area (Å²) in [5, 5.41) is 5.64. The van der Waals surface area contributed by atoms with Crippen LogP contribution in [0.15, 0.2) is 24.3 Å². The largest absolute Gasteiger partial charge is 0.358 e. The second-order valence-electron chi connectivity index (χ2n) is 4.76. The predicted molar refractivity (Wildman–Crippen MR) is 77.7 cm³/mol. The standard InChI is InChI=1S/C14H16ClN3O3/c1-3-14(9-4-6-10(15)7-5-9)12(20)18(13(21)17-14)8-11(19)16-2/h4-7H,3,8H2,1-2H3,(H,16,19)(H,17,21)/t14-/m1/s1. The van der Waals surface area contributed by atoms with Crippen molar-refractivity contribution in [1.82, 2.24) is 15.5 Å². The van der Waals surface area contributed by atoms with Crippen LogP contribution in [0.3, 0.4) is 0 Å². The number of carbonyl (C=O) groups is 3. The molecule has 1 aromatic rings. The van der Waals surface area contributed by atoms with E-state index < -0.39 is 23.4 Å². The number of carbonyl (C=O) groups excluding carboxylic acids is 3. The molecule has 1 aliphatic heterocycles. The molecule has 0 aromatic heterocycles. The Hall–Kier alpha value is -2.08. The molecule has 1 fully saturated rings. The summed E-state index contributed by atoms with van der Waals surface area (Å²) in [7, 11) is 1.45. The van der Waals surface area contributed by atoms with Gasteiger partial charge in [-0.2, -0.15) is 0 Å². The molecule has 4 amide bonds. The highest BCUT2D eigenvalue weighted by Crippen LogP contribution is 2.32. The monoisotopic (exact) mass is 309 g/mol. The fourth-order valence-corrected chi connectivity index (χ4v) is 2.49. The lowest BCUT2D eigenvalue weighted by molar-refractivity contribution is -0.135. The van der Waals surface area contributed by atoms with E-state index in [0.717, 1.165) is 4.90 Å². The Morgan fingerprint density at radius 3 is 2.48 bits per heavy atom. The molecule has 1 heterocycles.